The summed E-state index contributed by atoms with van der Waals surface area (Å²) in [5.74, 6) is 1.28. The van der Waals surface area contributed by atoms with E-state index in [4.69, 9.17) is 4.74 Å². The number of anilines is 1. The van der Waals surface area contributed by atoms with Crippen LogP contribution in [-0.2, 0) is 0 Å². The van der Waals surface area contributed by atoms with Crippen molar-refractivity contribution in [1.29, 1.82) is 0 Å². The Morgan fingerprint density at radius 1 is 1.32 bits per heavy atom. The lowest BCUT2D eigenvalue weighted by Gasteiger charge is -2.06. The molecule has 2 aromatic rings. The largest absolute Gasteiger partial charge is 0.467 e. The van der Waals surface area contributed by atoms with Gasteiger partial charge in [0.1, 0.15) is 0 Å². The SMILES string of the molecule is CCNc1nc(OC)nc(-n2ccc(C(C)C)n2)n1. The molecule has 0 unspecified atom stereocenters. The van der Waals surface area contributed by atoms with Crippen LogP contribution >= 0.6 is 0 Å². The van der Waals surface area contributed by atoms with Crippen LogP contribution in [-0.4, -0.2) is 38.4 Å². The van der Waals surface area contributed by atoms with Crippen LogP contribution in [0.25, 0.3) is 5.95 Å². The third kappa shape index (κ3) is 2.98. The molecule has 0 radical (unpaired) electrons. The lowest BCUT2D eigenvalue weighted by Crippen LogP contribution is -2.10. The summed E-state index contributed by atoms with van der Waals surface area (Å²) in [4.78, 5) is 12.6. The molecule has 0 aliphatic heterocycles. The molecule has 19 heavy (non-hydrogen) atoms. The van der Waals surface area contributed by atoms with Crippen molar-refractivity contribution in [2.75, 3.05) is 19.0 Å². The molecule has 0 spiro atoms. The van der Waals surface area contributed by atoms with E-state index in [2.05, 4.69) is 39.2 Å². The Morgan fingerprint density at radius 3 is 2.68 bits per heavy atom. The van der Waals surface area contributed by atoms with Gasteiger partial charge in [0.15, 0.2) is 0 Å². The van der Waals surface area contributed by atoms with Crippen LogP contribution < -0.4 is 10.1 Å². The summed E-state index contributed by atoms with van der Waals surface area (Å²) < 4.78 is 6.70. The fourth-order valence-electron chi connectivity index (χ4n) is 1.53. The molecular weight excluding hydrogens is 244 g/mol. The molecule has 0 atom stereocenters. The van der Waals surface area contributed by atoms with E-state index >= 15 is 0 Å². The Morgan fingerprint density at radius 2 is 2.11 bits per heavy atom. The predicted molar refractivity (Wildman–Crippen MR) is 71.8 cm³/mol. The Hall–Kier alpha value is -2.18. The van der Waals surface area contributed by atoms with Gasteiger partial charge >= 0.3 is 6.01 Å². The monoisotopic (exact) mass is 262 g/mol. The van der Waals surface area contributed by atoms with Gasteiger partial charge in [0.05, 0.1) is 12.8 Å². The quantitative estimate of drug-likeness (QED) is 0.882. The summed E-state index contributed by atoms with van der Waals surface area (Å²) in [6, 6.07) is 2.22. The van der Waals surface area contributed by atoms with E-state index in [1.54, 1.807) is 4.68 Å². The number of nitrogens with one attached hydrogen (secondary N) is 1. The lowest BCUT2D eigenvalue weighted by molar-refractivity contribution is 0.377. The van der Waals surface area contributed by atoms with Crippen LogP contribution in [0.3, 0.4) is 0 Å². The Balaban J connectivity index is 2.38. The first-order valence-corrected chi connectivity index (χ1v) is 6.24. The Bertz CT molecular complexity index is 551. The molecule has 0 saturated carbocycles. The van der Waals surface area contributed by atoms with Gasteiger partial charge in [-0.2, -0.15) is 20.1 Å². The Kier molecular flexibility index (Phi) is 3.94. The molecule has 0 saturated heterocycles. The summed E-state index contributed by atoms with van der Waals surface area (Å²) in [6.45, 7) is 6.87. The van der Waals surface area contributed by atoms with Gasteiger partial charge in [-0.05, 0) is 18.9 Å². The fraction of sp³-hybridized carbons (Fsp3) is 0.500. The highest BCUT2D eigenvalue weighted by atomic mass is 16.5. The molecule has 2 aromatic heterocycles. The number of methoxy groups -OCH3 is 1. The number of hydrogen-bond acceptors (Lipinski definition) is 6. The van der Waals surface area contributed by atoms with Gasteiger partial charge in [0.25, 0.3) is 5.95 Å². The predicted octanol–water partition coefficient (Wildman–Crippen LogP) is 1.62. The van der Waals surface area contributed by atoms with Crippen molar-refractivity contribution < 1.29 is 4.74 Å². The lowest BCUT2D eigenvalue weighted by atomic mass is 10.1. The van der Waals surface area contributed by atoms with Crippen LogP contribution in [0, 0.1) is 0 Å². The van der Waals surface area contributed by atoms with Gasteiger partial charge in [-0.15, -0.1) is 0 Å². The van der Waals surface area contributed by atoms with Crippen LogP contribution in [0.5, 0.6) is 6.01 Å². The van der Waals surface area contributed by atoms with Crippen LogP contribution in [0.2, 0.25) is 0 Å². The summed E-state index contributed by atoms with van der Waals surface area (Å²) in [6.07, 6.45) is 1.83. The van der Waals surface area contributed by atoms with Crippen molar-refractivity contribution >= 4 is 5.95 Å². The molecule has 0 bridgehead atoms. The zero-order valence-corrected chi connectivity index (χ0v) is 11.6. The average molecular weight is 262 g/mol. The third-order valence-electron chi connectivity index (χ3n) is 2.53. The van der Waals surface area contributed by atoms with Crippen molar-refractivity contribution in [3.8, 4) is 12.0 Å². The van der Waals surface area contributed by atoms with E-state index in [9.17, 15) is 0 Å². The minimum absolute atomic E-state index is 0.266. The minimum atomic E-state index is 0.266. The number of nitrogens with zero attached hydrogens (tertiary/aromatic N) is 5. The van der Waals surface area contributed by atoms with Gasteiger partial charge in [0.2, 0.25) is 5.95 Å². The van der Waals surface area contributed by atoms with E-state index in [1.807, 2.05) is 19.2 Å². The highest BCUT2D eigenvalue weighted by molar-refractivity contribution is 5.30. The van der Waals surface area contributed by atoms with Gasteiger partial charge in [-0.3, -0.25) is 0 Å². The molecular formula is C12H18N6O. The van der Waals surface area contributed by atoms with E-state index in [1.165, 1.54) is 7.11 Å². The van der Waals surface area contributed by atoms with Crippen molar-refractivity contribution in [3.63, 3.8) is 0 Å². The summed E-state index contributed by atoms with van der Waals surface area (Å²) in [5, 5.41) is 7.48. The van der Waals surface area contributed by atoms with E-state index < -0.39 is 0 Å². The first kappa shape index (κ1) is 13.3. The summed E-state index contributed by atoms with van der Waals surface area (Å²) in [5.41, 5.74) is 0.990. The van der Waals surface area contributed by atoms with Gasteiger partial charge in [-0.25, -0.2) is 4.68 Å². The molecule has 0 aromatic carbocycles. The van der Waals surface area contributed by atoms with Crippen LogP contribution in [0.4, 0.5) is 5.95 Å². The van der Waals surface area contributed by atoms with Crippen LogP contribution in [0.15, 0.2) is 12.3 Å². The smallest absolute Gasteiger partial charge is 0.322 e. The second-order valence-electron chi connectivity index (χ2n) is 4.32. The maximum absolute atomic E-state index is 5.07. The molecule has 2 heterocycles. The van der Waals surface area contributed by atoms with E-state index in [0.717, 1.165) is 12.2 Å². The first-order valence-electron chi connectivity index (χ1n) is 6.24. The zero-order valence-electron chi connectivity index (χ0n) is 11.6. The molecule has 0 aliphatic carbocycles. The first-order chi connectivity index (χ1) is 9.13. The zero-order chi connectivity index (χ0) is 13.8. The molecule has 7 nitrogen and oxygen atoms in total. The summed E-state index contributed by atoms with van der Waals surface area (Å²) >= 11 is 0. The molecule has 0 fully saturated rings. The summed E-state index contributed by atoms with van der Waals surface area (Å²) in [7, 11) is 1.53. The van der Waals surface area contributed by atoms with Crippen molar-refractivity contribution in [1.82, 2.24) is 24.7 Å². The average Bonchev–Trinajstić information content (AvgIpc) is 2.88. The third-order valence-corrected chi connectivity index (χ3v) is 2.53. The second kappa shape index (κ2) is 5.64. The number of ether oxygens (including phenoxy) is 1. The maximum atomic E-state index is 5.07. The molecule has 7 heteroatoms. The standard InChI is InChI=1S/C12H18N6O/c1-5-13-10-14-11(16-12(15-10)19-4)18-7-6-9(17-18)8(2)3/h6-8H,5H2,1-4H3,(H,13,14,15,16). The highest BCUT2D eigenvalue weighted by Gasteiger charge is 2.10. The highest BCUT2D eigenvalue weighted by Crippen LogP contribution is 2.14. The number of hydrogen-bond donors (Lipinski definition) is 1. The van der Waals surface area contributed by atoms with E-state index in [0.29, 0.717) is 17.8 Å². The molecule has 2 rings (SSSR count). The molecule has 0 aliphatic rings. The second-order valence-corrected chi connectivity index (χ2v) is 4.32. The number of aromatic nitrogens is 5. The topological polar surface area (TPSA) is 77.8 Å². The minimum Gasteiger partial charge on any atom is -0.467 e. The van der Waals surface area contributed by atoms with Gasteiger partial charge in [0, 0.05) is 12.7 Å². The van der Waals surface area contributed by atoms with Crippen molar-refractivity contribution in [3.05, 3.63) is 18.0 Å². The number of rotatable bonds is 5. The molecule has 102 valence electrons. The molecule has 1 N–H and O–H groups in total. The van der Waals surface area contributed by atoms with Crippen molar-refractivity contribution in [2.45, 2.75) is 26.7 Å². The van der Waals surface area contributed by atoms with Crippen LogP contribution in [0.1, 0.15) is 32.4 Å². The molecule has 0 amide bonds. The normalized spacial score (nSPS) is 10.8. The fourth-order valence-corrected chi connectivity index (χ4v) is 1.53. The Labute approximate surface area is 112 Å². The maximum Gasteiger partial charge on any atom is 0.322 e. The van der Waals surface area contributed by atoms with Gasteiger partial charge < -0.3 is 10.1 Å². The van der Waals surface area contributed by atoms with E-state index in [-0.39, 0.29) is 6.01 Å². The van der Waals surface area contributed by atoms with Crippen molar-refractivity contribution in [2.24, 2.45) is 0 Å². The van der Waals surface area contributed by atoms with Gasteiger partial charge in [-0.1, -0.05) is 13.8 Å².